The van der Waals surface area contributed by atoms with Crippen molar-refractivity contribution in [3.8, 4) is 17.2 Å². The molecule has 1 aromatic carbocycles. The second-order valence-corrected chi connectivity index (χ2v) is 12.3. The van der Waals surface area contributed by atoms with Gasteiger partial charge in [0, 0.05) is 60.3 Å². The van der Waals surface area contributed by atoms with Gasteiger partial charge in [0.1, 0.15) is 11.9 Å². The number of methoxy groups -OCH3 is 1. The number of piperidine rings is 1. The smallest absolute Gasteiger partial charge is 0.308 e. The van der Waals surface area contributed by atoms with Gasteiger partial charge < -0.3 is 23.5 Å². The molecule has 6 rings (SSSR count). The van der Waals surface area contributed by atoms with E-state index >= 15 is 0 Å². The average molecular weight is 561 g/mol. The maximum atomic E-state index is 13.9. The van der Waals surface area contributed by atoms with E-state index in [4.69, 9.17) is 18.6 Å². The zero-order valence-corrected chi connectivity index (χ0v) is 24.4. The van der Waals surface area contributed by atoms with E-state index < -0.39 is 0 Å². The monoisotopic (exact) mass is 560 g/mol. The number of nitrogens with zero attached hydrogens (tertiary/aromatic N) is 2. The van der Waals surface area contributed by atoms with Crippen LogP contribution in [-0.4, -0.2) is 66.6 Å². The van der Waals surface area contributed by atoms with Gasteiger partial charge in [-0.1, -0.05) is 19.9 Å². The van der Waals surface area contributed by atoms with Gasteiger partial charge in [0.05, 0.1) is 25.7 Å². The van der Waals surface area contributed by atoms with Crippen molar-refractivity contribution < 1.29 is 28.2 Å². The van der Waals surface area contributed by atoms with E-state index in [2.05, 4.69) is 25.3 Å². The molecule has 0 radical (unpaired) electrons. The SMILES string of the molecule is C=CCN1CC[C@]23c4c5c(OC(C)=O)cc(OC)c4O[C@@H]2[C@@H](N(CC(C)C)C(=O)C=Cc2ccoc2)CC[C@H]3[C@H]1C5. The quantitative estimate of drug-likeness (QED) is 0.185. The van der Waals surface area contributed by atoms with Crippen LogP contribution >= 0.6 is 0 Å². The van der Waals surface area contributed by atoms with Crippen molar-refractivity contribution in [1.29, 1.82) is 0 Å². The third kappa shape index (κ3) is 4.47. The Morgan fingerprint density at radius 2 is 2.12 bits per heavy atom. The normalized spacial score (nSPS) is 27.8. The third-order valence-corrected chi connectivity index (χ3v) is 9.52. The zero-order valence-electron chi connectivity index (χ0n) is 24.4. The first kappa shape index (κ1) is 27.6. The number of ether oxygens (including phenoxy) is 3. The van der Waals surface area contributed by atoms with Crippen LogP contribution in [0.1, 0.15) is 56.7 Å². The summed E-state index contributed by atoms with van der Waals surface area (Å²) >= 11 is 0. The van der Waals surface area contributed by atoms with Crippen molar-refractivity contribution in [3.63, 3.8) is 0 Å². The summed E-state index contributed by atoms with van der Waals surface area (Å²) in [6, 6.07) is 3.80. The molecule has 1 saturated carbocycles. The lowest BCUT2D eigenvalue weighted by Gasteiger charge is -2.60. The number of amides is 1. The largest absolute Gasteiger partial charge is 0.493 e. The molecule has 0 N–H and O–H groups in total. The van der Waals surface area contributed by atoms with Crippen molar-refractivity contribution in [2.75, 3.05) is 26.7 Å². The summed E-state index contributed by atoms with van der Waals surface area (Å²) in [7, 11) is 1.63. The summed E-state index contributed by atoms with van der Waals surface area (Å²) in [5.41, 5.74) is 2.72. The minimum absolute atomic E-state index is 0.0245. The fourth-order valence-electron chi connectivity index (χ4n) is 8.16. The molecule has 1 aromatic heterocycles. The number of hydrogen-bond acceptors (Lipinski definition) is 7. The van der Waals surface area contributed by atoms with Crippen LogP contribution < -0.4 is 14.2 Å². The highest BCUT2D eigenvalue weighted by Crippen LogP contribution is 2.65. The number of rotatable bonds is 9. The van der Waals surface area contributed by atoms with Crippen molar-refractivity contribution in [1.82, 2.24) is 9.80 Å². The maximum Gasteiger partial charge on any atom is 0.308 e. The summed E-state index contributed by atoms with van der Waals surface area (Å²) in [6.45, 7) is 12.1. The number of furan rings is 1. The lowest BCUT2D eigenvalue weighted by atomic mass is 9.50. The Labute approximate surface area is 241 Å². The molecule has 218 valence electrons. The van der Waals surface area contributed by atoms with Gasteiger partial charge in [-0.3, -0.25) is 14.5 Å². The lowest BCUT2D eigenvalue weighted by Crippen LogP contribution is -2.69. The Hall–Kier alpha value is -3.52. The van der Waals surface area contributed by atoms with E-state index in [0.717, 1.165) is 61.2 Å². The van der Waals surface area contributed by atoms with Gasteiger partial charge in [-0.25, -0.2) is 0 Å². The van der Waals surface area contributed by atoms with Crippen molar-refractivity contribution in [2.45, 2.75) is 70.1 Å². The first-order valence-electron chi connectivity index (χ1n) is 14.7. The van der Waals surface area contributed by atoms with Crippen LogP contribution in [0.2, 0.25) is 0 Å². The Kier molecular flexibility index (Phi) is 7.22. The minimum atomic E-state index is -0.355. The standard InChI is InChI=1S/C33H40N2O6/c1-6-13-34-14-12-33-24-8-9-25(35(18-20(2)3)29(37)10-7-22-11-15-39-19-22)32(33)41-31-28(38-5)17-27(40-21(4)36)23(30(31)33)16-26(24)34/h6-7,10-11,15,17,19-20,24-26,32H,1,8-9,12-14,16,18H2,2-5H3/t24-,25-,26+,32+,33-/m0/s1. The molecular weight excluding hydrogens is 520 g/mol. The number of carbonyl (C=O) groups excluding carboxylic acids is 2. The van der Waals surface area contributed by atoms with E-state index in [1.165, 1.54) is 6.92 Å². The first-order chi connectivity index (χ1) is 19.8. The third-order valence-electron chi connectivity index (χ3n) is 9.52. The van der Waals surface area contributed by atoms with Crippen LogP contribution in [0.4, 0.5) is 0 Å². The maximum absolute atomic E-state index is 13.9. The molecule has 1 saturated heterocycles. The molecule has 2 aliphatic carbocycles. The highest BCUT2D eigenvalue weighted by atomic mass is 16.5. The highest BCUT2D eigenvalue weighted by Gasteiger charge is 2.67. The highest BCUT2D eigenvalue weighted by molar-refractivity contribution is 5.92. The molecule has 0 unspecified atom stereocenters. The van der Waals surface area contributed by atoms with Crippen LogP contribution in [0.25, 0.3) is 6.08 Å². The van der Waals surface area contributed by atoms with Crippen molar-refractivity contribution >= 4 is 18.0 Å². The molecule has 2 aromatic rings. The summed E-state index contributed by atoms with van der Waals surface area (Å²) in [5, 5.41) is 0. The van der Waals surface area contributed by atoms with Crippen LogP contribution in [0.3, 0.4) is 0 Å². The van der Waals surface area contributed by atoms with Crippen LogP contribution in [0.5, 0.6) is 17.2 Å². The van der Waals surface area contributed by atoms with Gasteiger partial charge in [-0.05, 0) is 56.2 Å². The number of benzene rings is 1. The van der Waals surface area contributed by atoms with E-state index in [9.17, 15) is 9.59 Å². The molecule has 41 heavy (non-hydrogen) atoms. The van der Waals surface area contributed by atoms with Gasteiger partial charge >= 0.3 is 5.97 Å². The van der Waals surface area contributed by atoms with E-state index in [0.29, 0.717) is 24.0 Å². The molecule has 2 bridgehead atoms. The summed E-state index contributed by atoms with van der Waals surface area (Å²) < 4.78 is 23.8. The predicted molar refractivity (Wildman–Crippen MR) is 155 cm³/mol. The molecule has 2 fully saturated rings. The van der Waals surface area contributed by atoms with Crippen molar-refractivity contribution in [2.24, 2.45) is 11.8 Å². The molecule has 1 amide bonds. The first-order valence-corrected chi connectivity index (χ1v) is 14.7. The fraction of sp³-hybridized carbons (Fsp3) is 0.515. The number of hydrogen-bond donors (Lipinski definition) is 0. The number of likely N-dealkylation sites (tertiary alicyclic amines) is 1. The van der Waals surface area contributed by atoms with Crippen molar-refractivity contribution in [3.05, 3.63) is 60.1 Å². The fourth-order valence-corrected chi connectivity index (χ4v) is 8.16. The lowest BCUT2D eigenvalue weighted by molar-refractivity contribution is -0.138. The molecular formula is C33H40N2O6. The van der Waals surface area contributed by atoms with Crippen LogP contribution in [0.15, 0.2) is 47.8 Å². The molecule has 8 nitrogen and oxygen atoms in total. The summed E-state index contributed by atoms with van der Waals surface area (Å²) in [6.07, 6.45) is 12.0. The Morgan fingerprint density at radius 1 is 1.29 bits per heavy atom. The number of esters is 1. The van der Waals surface area contributed by atoms with Gasteiger partial charge in [0.25, 0.3) is 0 Å². The molecule has 8 heteroatoms. The Morgan fingerprint density at radius 3 is 2.80 bits per heavy atom. The van der Waals surface area contributed by atoms with E-state index in [-0.39, 0.29) is 41.4 Å². The van der Waals surface area contributed by atoms with Crippen LogP contribution in [0, 0.1) is 11.8 Å². The van der Waals surface area contributed by atoms with Gasteiger partial charge in [-0.2, -0.15) is 0 Å². The summed E-state index contributed by atoms with van der Waals surface area (Å²) in [5.74, 6) is 2.14. The van der Waals surface area contributed by atoms with Gasteiger partial charge in [0.15, 0.2) is 11.5 Å². The molecule has 4 aliphatic rings. The second kappa shape index (κ2) is 10.7. The molecule has 5 atom stereocenters. The molecule has 3 heterocycles. The zero-order chi connectivity index (χ0) is 28.9. The van der Waals surface area contributed by atoms with E-state index in [1.54, 1.807) is 31.8 Å². The van der Waals surface area contributed by atoms with E-state index in [1.807, 2.05) is 23.1 Å². The number of carbonyl (C=O) groups is 2. The Balaban J connectivity index is 1.47. The van der Waals surface area contributed by atoms with Gasteiger partial charge in [0.2, 0.25) is 5.91 Å². The Bertz CT molecular complexity index is 1360. The second-order valence-electron chi connectivity index (χ2n) is 12.3. The predicted octanol–water partition coefficient (Wildman–Crippen LogP) is 5.01. The molecule has 2 aliphatic heterocycles. The summed E-state index contributed by atoms with van der Waals surface area (Å²) in [4.78, 5) is 30.6. The molecule has 1 spiro atoms. The topological polar surface area (TPSA) is 81.5 Å². The van der Waals surface area contributed by atoms with Crippen LogP contribution in [-0.2, 0) is 21.4 Å². The van der Waals surface area contributed by atoms with Gasteiger partial charge in [-0.15, -0.1) is 6.58 Å². The minimum Gasteiger partial charge on any atom is -0.493 e. The average Bonchev–Trinajstić information content (AvgIpc) is 3.58.